The number of aliphatic hydroxyl groups is 1. The largest absolute Gasteiger partial charge is 0.390 e. The van der Waals surface area contributed by atoms with Crippen molar-refractivity contribution in [1.82, 2.24) is 15.0 Å². The molecule has 5 nitrogen and oxygen atoms in total. The molecule has 0 aliphatic heterocycles. The van der Waals surface area contributed by atoms with Gasteiger partial charge in [0.05, 0.1) is 11.8 Å². The van der Waals surface area contributed by atoms with Gasteiger partial charge in [0.2, 0.25) is 0 Å². The standard InChI is InChI=1S/C24H37N3O2/c1-15-12-20(21(28)14-27-11-10-25-26-27)24(3)9-7-18-17-6-8-23(2,29)13-16(17)4-5-19(18)22(15)24/h10-11,15-20,22,29H,4-9,12-14H2,1-3H3/t15-,16-,17+,18?,19-,20-,22+,23-,24-/m1/s1. The highest BCUT2D eigenvalue weighted by Crippen LogP contribution is 2.66. The molecule has 5 heteroatoms. The van der Waals surface area contributed by atoms with Gasteiger partial charge in [0.1, 0.15) is 6.54 Å². The number of hydrogen-bond acceptors (Lipinski definition) is 4. The van der Waals surface area contributed by atoms with Crippen LogP contribution in [0, 0.1) is 46.8 Å². The number of rotatable bonds is 3. The van der Waals surface area contributed by atoms with Gasteiger partial charge in [-0.3, -0.25) is 4.79 Å². The fourth-order valence-electron chi connectivity index (χ4n) is 8.71. The summed E-state index contributed by atoms with van der Waals surface area (Å²) >= 11 is 0. The van der Waals surface area contributed by atoms with Crippen LogP contribution in [-0.2, 0) is 11.3 Å². The Balaban J connectivity index is 1.36. The monoisotopic (exact) mass is 399 g/mol. The van der Waals surface area contributed by atoms with Crippen LogP contribution < -0.4 is 0 Å². The second kappa shape index (κ2) is 6.90. The SMILES string of the molecule is C[C@@H]1C[C@H](C(=O)Cn2ccnn2)[C@@]2(C)CCC3[C@H]4CC[C@@](C)(O)C[C@H]4CC[C@H]3[C@H]12. The Kier molecular flexibility index (Phi) is 4.69. The summed E-state index contributed by atoms with van der Waals surface area (Å²) in [5.74, 6) is 4.92. The number of fused-ring (bicyclic) bond motifs is 5. The van der Waals surface area contributed by atoms with E-state index in [4.69, 9.17) is 0 Å². The van der Waals surface area contributed by atoms with E-state index in [2.05, 4.69) is 24.2 Å². The van der Waals surface area contributed by atoms with Gasteiger partial charge in [0.15, 0.2) is 5.78 Å². The van der Waals surface area contributed by atoms with Gasteiger partial charge in [0.25, 0.3) is 0 Å². The number of carbonyl (C=O) groups excluding carboxylic acids is 1. The Bertz CT molecular complexity index is 760. The van der Waals surface area contributed by atoms with E-state index in [1.165, 1.54) is 32.1 Å². The van der Waals surface area contributed by atoms with Gasteiger partial charge >= 0.3 is 0 Å². The number of nitrogens with zero attached hydrogens (tertiary/aromatic N) is 3. The molecule has 0 bridgehead atoms. The third-order valence-corrected chi connectivity index (χ3v) is 9.73. The smallest absolute Gasteiger partial charge is 0.157 e. The molecule has 1 heterocycles. The first-order valence-corrected chi connectivity index (χ1v) is 11.9. The third kappa shape index (κ3) is 3.19. The summed E-state index contributed by atoms with van der Waals surface area (Å²) in [6.07, 6.45) is 12.7. The number of aromatic nitrogens is 3. The molecule has 0 aromatic carbocycles. The molecular formula is C24H37N3O2. The van der Waals surface area contributed by atoms with Crippen molar-refractivity contribution in [2.75, 3.05) is 0 Å². The van der Waals surface area contributed by atoms with Gasteiger partial charge in [-0.2, -0.15) is 0 Å². The Morgan fingerprint density at radius 1 is 1.14 bits per heavy atom. The number of Topliss-reactive ketones (excluding diaryl/α,β-unsaturated/α-hetero) is 1. The van der Waals surface area contributed by atoms with E-state index in [9.17, 15) is 9.90 Å². The molecule has 4 aliphatic carbocycles. The summed E-state index contributed by atoms with van der Waals surface area (Å²) in [4.78, 5) is 13.3. The van der Waals surface area contributed by atoms with Crippen molar-refractivity contribution in [2.24, 2.45) is 46.8 Å². The molecule has 0 radical (unpaired) electrons. The van der Waals surface area contributed by atoms with Gasteiger partial charge in [-0.25, -0.2) is 4.68 Å². The van der Waals surface area contributed by atoms with Crippen LogP contribution in [-0.4, -0.2) is 31.5 Å². The highest BCUT2D eigenvalue weighted by molar-refractivity contribution is 5.82. The zero-order valence-electron chi connectivity index (χ0n) is 18.3. The minimum atomic E-state index is -0.448. The van der Waals surface area contributed by atoms with E-state index >= 15 is 0 Å². The minimum absolute atomic E-state index is 0.144. The highest BCUT2D eigenvalue weighted by Gasteiger charge is 2.60. The van der Waals surface area contributed by atoms with E-state index in [0.29, 0.717) is 30.1 Å². The van der Waals surface area contributed by atoms with E-state index in [1.807, 2.05) is 6.92 Å². The Hall–Kier alpha value is -1.23. The van der Waals surface area contributed by atoms with E-state index in [-0.39, 0.29) is 11.3 Å². The van der Waals surface area contributed by atoms with Gasteiger partial charge in [-0.05, 0) is 99.2 Å². The predicted molar refractivity (Wildman–Crippen MR) is 111 cm³/mol. The molecule has 4 fully saturated rings. The lowest BCUT2D eigenvalue weighted by atomic mass is 9.48. The van der Waals surface area contributed by atoms with Crippen LogP contribution in [0.2, 0.25) is 0 Å². The second-order valence-electron chi connectivity index (χ2n) is 11.5. The van der Waals surface area contributed by atoms with Crippen molar-refractivity contribution in [2.45, 2.75) is 84.3 Å². The molecule has 1 aromatic rings. The molecule has 1 unspecified atom stereocenters. The molecule has 1 N–H and O–H groups in total. The van der Waals surface area contributed by atoms with Crippen molar-refractivity contribution in [3.05, 3.63) is 12.4 Å². The minimum Gasteiger partial charge on any atom is -0.390 e. The van der Waals surface area contributed by atoms with Crippen LogP contribution in [0.1, 0.15) is 72.1 Å². The van der Waals surface area contributed by atoms with Crippen molar-refractivity contribution in [3.63, 3.8) is 0 Å². The fraction of sp³-hybridized carbons (Fsp3) is 0.875. The Labute approximate surface area is 174 Å². The van der Waals surface area contributed by atoms with Crippen molar-refractivity contribution in [1.29, 1.82) is 0 Å². The molecule has 4 aliphatic rings. The van der Waals surface area contributed by atoms with Gasteiger partial charge in [0, 0.05) is 12.1 Å². The first-order chi connectivity index (χ1) is 13.8. The molecule has 4 saturated carbocycles. The summed E-state index contributed by atoms with van der Waals surface area (Å²) in [6, 6.07) is 0. The number of carbonyl (C=O) groups is 1. The summed E-state index contributed by atoms with van der Waals surface area (Å²) in [5, 5.41) is 18.5. The summed E-state index contributed by atoms with van der Waals surface area (Å²) in [5.41, 5.74) is -0.304. The summed E-state index contributed by atoms with van der Waals surface area (Å²) < 4.78 is 1.69. The molecule has 0 saturated heterocycles. The summed E-state index contributed by atoms with van der Waals surface area (Å²) in [7, 11) is 0. The number of hydrogen-bond donors (Lipinski definition) is 1. The Morgan fingerprint density at radius 3 is 2.69 bits per heavy atom. The number of ketones is 1. The molecule has 160 valence electrons. The van der Waals surface area contributed by atoms with Crippen molar-refractivity contribution in [3.8, 4) is 0 Å². The average Bonchev–Trinajstić information content (AvgIpc) is 3.26. The molecule has 9 atom stereocenters. The van der Waals surface area contributed by atoms with Crippen LogP contribution in [0.4, 0.5) is 0 Å². The van der Waals surface area contributed by atoms with Crippen molar-refractivity contribution >= 4 is 5.78 Å². The van der Waals surface area contributed by atoms with Gasteiger partial charge < -0.3 is 5.11 Å². The molecule has 29 heavy (non-hydrogen) atoms. The van der Waals surface area contributed by atoms with E-state index < -0.39 is 5.60 Å². The topological polar surface area (TPSA) is 68.0 Å². The first-order valence-electron chi connectivity index (χ1n) is 11.9. The Morgan fingerprint density at radius 2 is 1.93 bits per heavy atom. The van der Waals surface area contributed by atoms with Crippen LogP contribution in [0.5, 0.6) is 0 Å². The molecule has 5 rings (SSSR count). The van der Waals surface area contributed by atoms with Crippen LogP contribution in [0.25, 0.3) is 0 Å². The van der Waals surface area contributed by atoms with Gasteiger partial charge in [-0.1, -0.05) is 19.1 Å². The van der Waals surface area contributed by atoms with Crippen molar-refractivity contribution < 1.29 is 9.90 Å². The lowest BCUT2D eigenvalue weighted by Crippen LogP contribution is -2.51. The van der Waals surface area contributed by atoms with Crippen LogP contribution in [0.3, 0.4) is 0 Å². The van der Waals surface area contributed by atoms with Gasteiger partial charge in [-0.15, -0.1) is 5.10 Å². The molecule has 0 spiro atoms. The second-order valence-corrected chi connectivity index (χ2v) is 11.5. The normalized spacial score (nSPS) is 49.2. The van der Waals surface area contributed by atoms with Crippen LogP contribution in [0.15, 0.2) is 12.4 Å². The first kappa shape index (κ1) is 19.7. The lowest BCUT2D eigenvalue weighted by molar-refractivity contribution is -0.133. The zero-order valence-corrected chi connectivity index (χ0v) is 18.3. The highest BCUT2D eigenvalue weighted by atomic mass is 16.3. The van der Waals surface area contributed by atoms with E-state index in [1.54, 1.807) is 17.1 Å². The zero-order chi connectivity index (χ0) is 20.4. The van der Waals surface area contributed by atoms with E-state index in [0.717, 1.165) is 37.0 Å². The molecule has 0 amide bonds. The predicted octanol–water partition coefficient (Wildman–Crippen LogP) is 4.11. The maximum Gasteiger partial charge on any atom is 0.157 e. The maximum absolute atomic E-state index is 13.3. The third-order valence-electron chi connectivity index (χ3n) is 9.73. The fourth-order valence-corrected chi connectivity index (χ4v) is 8.71. The quantitative estimate of drug-likeness (QED) is 0.830. The maximum atomic E-state index is 13.3. The van der Waals surface area contributed by atoms with Crippen LogP contribution >= 0.6 is 0 Å². The molecular weight excluding hydrogens is 362 g/mol. The summed E-state index contributed by atoms with van der Waals surface area (Å²) in [6.45, 7) is 7.25. The average molecular weight is 400 g/mol. The molecule has 1 aromatic heterocycles. The lowest BCUT2D eigenvalue weighted by Gasteiger charge is -2.57.